The number of halogens is 1. The summed E-state index contributed by atoms with van der Waals surface area (Å²) in [4.78, 5) is 38.0. The molecule has 0 bridgehead atoms. The number of carboxylic acids is 1. The Kier molecular flexibility index (Phi) is 8.12. The van der Waals surface area contributed by atoms with Gasteiger partial charge in [0.25, 0.3) is 0 Å². The third-order valence-electron chi connectivity index (χ3n) is 6.27. The van der Waals surface area contributed by atoms with Gasteiger partial charge >= 0.3 is 5.97 Å². The van der Waals surface area contributed by atoms with Crippen molar-refractivity contribution in [2.24, 2.45) is 5.92 Å². The zero-order valence-electron chi connectivity index (χ0n) is 19.6. The highest BCUT2D eigenvalue weighted by atomic mass is 32.2. The summed E-state index contributed by atoms with van der Waals surface area (Å²) in [6.07, 6.45) is 6.45. The number of aryl methyl sites for hydroxylation is 1. The van der Waals surface area contributed by atoms with Crippen LogP contribution in [0.25, 0.3) is 6.08 Å². The zero-order chi connectivity index (χ0) is 24.9. The second kappa shape index (κ2) is 11.3. The normalized spacial score (nSPS) is 20.6. The molecule has 2 fully saturated rings. The van der Waals surface area contributed by atoms with E-state index in [-0.39, 0.29) is 34.3 Å². The number of aliphatic carboxylic acids is 1. The predicted octanol–water partition coefficient (Wildman–Crippen LogP) is 3.74. The van der Waals surface area contributed by atoms with Gasteiger partial charge in [0, 0.05) is 49.7 Å². The highest BCUT2D eigenvalue weighted by Gasteiger charge is 2.41. The van der Waals surface area contributed by atoms with Crippen LogP contribution in [0.5, 0.6) is 0 Å². The van der Waals surface area contributed by atoms with Gasteiger partial charge in [-0.15, -0.1) is 5.10 Å². The molecule has 0 radical (unpaired) electrons. The summed E-state index contributed by atoms with van der Waals surface area (Å²) >= 11 is 1.25. The number of carboxylic acid groups (broad SMARTS) is 1. The smallest absolute Gasteiger partial charge is 0.303 e. The molecule has 1 N–H and O–H groups in total. The molecule has 1 saturated heterocycles. The van der Waals surface area contributed by atoms with Crippen molar-refractivity contribution in [3.8, 4) is 0 Å². The third kappa shape index (κ3) is 6.64. The average molecular weight is 501 g/mol. The number of benzene rings is 1. The van der Waals surface area contributed by atoms with E-state index in [9.17, 15) is 18.8 Å². The first kappa shape index (κ1) is 25.2. The van der Waals surface area contributed by atoms with Gasteiger partial charge in [-0.25, -0.2) is 4.39 Å². The second-order valence-electron chi connectivity index (χ2n) is 9.08. The van der Waals surface area contributed by atoms with E-state index in [4.69, 9.17) is 5.11 Å². The van der Waals surface area contributed by atoms with Crippen LogP contribution in [0.15, 0.2) is 36.0 Å². The van der Waals surface area contributed by atoms with Crippen LogP contribution in [0.1, 0.15) is 56.3 Å². The van der Waals surface area contributed by atoms with Crippen molar-refractivity contribution < 1.29 is 23.9 Å². The van der Waals surface area contributed by atoms with Gasteiger partial charge in [0.05, 0.1) is 12.2 Å². The van der Waals surface area contributed by atoms with Gasteiger partial charge in [0.2, 0.25) is 0 Å². The number of likely N-dealkylation sites (tertiary alicyclic amines) is 1. The molecule has 0 spiro atoms. The number of carbonyl (C=O) groups excluding carboxylic acids is 2. The number of thioether (sulfide) groups is 1. The molecule has 2 atom stereocenters. The highest BCUT2D eigenvalue weighted by Crippen LogP contribution is 2.40. The number of hydrogen-bond donors (Lipinski definition) is 1. The summed E-state index contributed by atoms with van der Waals surface area (Å²) in [6, 6.07) is 5.78. The van der Waals surface area contributed by atoms with Gasteiger partial charge < -0.3 is 5.11 Å². The van der Waals surface area contributed by atoms with Gasteiger partial charge in [-0.05, 0) is 43.4 Å². The fraction of sp³-hybridized carbons (Fsp3) is 0.480. The summed E-state index contributed by atoms with van der Waals surface area (Å²) in [5.74, 6) is -1.22. The van der Waals surface area contributed by atoms with Crippen LogP contribution in [0.2, 0.25) is 0 Å². The molecular formula is C25H29FN4O4S. The Morgan fingerprint density at radius 2 is 2.03 bits per heavy atom. The van der Waals surface area contributed by atoms with Crippen LogP contribution in [0.3, 0.4) is 0 Å². The van der Waals surface area contributed by atoms with E-state index >= 15 is 0 Å². The van der Waals surface area contributed by atoms with Gasteiger partial charge in [-0.2, -0.15) is 0 Å². The third-order valence-corrected chi connectivity index (χ3v) is 7.42. The quantitative estimate of drug-likeness (QED) is 0.526. The molecule has 2 unspecified atom stereocenters. The standard InChI is InChI=1S/C25H29FN4O4S/c1-16(31)35-22-10-12-29(24(25(34)17-8-9-17)20-5-2-3-6-21(20)26)14-18(22)13-19-15-30(28-27-19)11-4-7-23(32)33/h2-3,5-6,13,15,17,22,24H,4,7-12,14H2,1H3,(H,32,33)/b18-13-. The van der Waals surface area contributed by atoms with Crippen LogP contribution >= 0.6 is 11.8 Å². The largest absolute Gasteiger partial charge is 0.481 e. The van der Waals surface area contributed by atoms with Crippen molar-refractivity contribution in [1.82, 2.24) is 19.9 Å². The van der Waals surface area contributed by atoms with Gasteiger partial charge in [0.15, 0.2) is 10.9 Å². The molecule has 1 aliphatic carbocycles. The maximum atomic E-state index is 14.8. The molecule has 2 aliphatic rings. The van der Waals surface area contributed by atoms with Crippen LogP contribution < -0.4 is 0 Å². The van der Waals surface area contributed by atoms with E-state index < -0.39 is 12.0 Å². The molecule has 35 heavy (non-hydrogen) atoms. The fourth-order valence-electron chi connectivity index (χ4n) is 4.47. The van der Waals surface area contributed by atoms with Crippen molar-refractivity contribution in [2.45, 2.75) is 56.9 Å². The predicted molar refractivity (Wildman–Crippen MR) is 130 cm³/mol. The monoisotopic (exact) mass is 500 g/mol. The maximum Gasteiger partial charge on any atom is 0.303 e. The van der Waals surface area contributed by atoms with Gasteiger partial charge in [-0.3, -0.25) is 24.0 Å². The summed E-state index contributed by atoms with van der Waals surface area (Å²) in [6.45, 7) is 2.95. The molecule has 8 nitrogen and oxygen atoms in total. The topological polar surface area (TPSA) is 105 Å². The van der Waals surface area contributed by atoms with E-state index in [0.717, 1.165) is 18.4 Å². The van der Waals surface area contributed by atoms with E-state index in [1.54, 1.807) is 29.1 Å². The number of piperidine rings is 1. The van der Waals surface area contributed by atoms with Crippen molar-refractivity contribution in [3.05, 3.63) is 53.1 Å². The highest BCUT2D eigenvalue weighted by molar-refractivity contribution is 8.14. The Morgan fingerprint density at radius 1 is 1.26 bits per heavy atom. The fourth-order valence-corrected chi connectivity index (χ4v) is 5.38. The summed E-state index contributed by atoms with van der Waals surface area (Å²) in [5.41, 5.74) is 1.92. The molecular weight excluding hydrogens is 471 g/mol. The van der Waals surface area contributed by atoms with E-state index in [1.165, 1.54) is 24.8 Å². The number of hydrogen-bond acceptors (Lipinski definition) is 7. The van der Waals surface area contributed by atoms with Crippen molar-refractivity contribution >= 4 is 34.7 Å². The number of ketones is 1. The summed E-state index contributed by atoms with van der Waals surface area (Å²) in [5, 5.41) is 17.0. The lowest BCUT2D eigenvalue weighted by Crippen LogP contribution is -2.43. The Morgan fingerprint density at radius 3 is 2.71 bits per heavy atom. The lowest BCUT2D eigenvalue weighted by molar-refractivity contribution is -0.137. The minimum atomic E-state index is -0.857. The molecule has 0 amide bonds. The summed E-state index contributed by atoms with van der Waals surface area (Å²) < 4.78 is 16.4. The Hall–Kier alpha value is -2.85. The minimum Gasteiger partial charge on any atom is -0.481 e. The van der Waals surface area contributed by atoms with Crippen LogP contribution in [-0.4, -0.2) is 60.2 Å². The Labute approximate surface area is 207 Å². The van der Waals surface area contributed by atoms with E-state index in [1.807, 2.05) is 11.0 Å². The van der Waals surface area contributed by atoms with Crippen LogP contribution in [-0.2, 0) is 20.9 Å². The van der Waals surface area contributed by atoms with Crippen molar-refractivity contribution in [2.75, 3.05) is 13.1 Å². The first-order valence-corrected chi connectivity index (χ1v) is 12.7. The first-order chi connectivity index (χ1) is 16.8. The van der Waals surface area contributed by atoms with Crippen molar-refractivity contribution in [3.63, 3.8) is 0 Å². The number of carbonyl (C=O) groups is 3. The first-order valence-electron chi connectivity index (χ1n) is 11.8. The lowest BCUT2D eigenvalue weighted by Gasteiger charge is -2.38. The molecule has 186 valence electrons. The SMILES string of the molecule is CC(=O)SC1CCN(C(C(=O)C2CC2)c2ccccc2F)C/C1=C/c1cn(CCCC(=O)O)nn1. The second-order valence-corrected chi connectivity index (χ2v) is 10.5. The molecule has 1 saturated carbocycles. The van der Waals surface area contributed by atoms with Crippen LogP contribution in [0.4, 0.5) is 4.39 Å². The molecule has 4 rings (SSSR count). The van der Waals surface area contributed by atoms with E-state index in [0.29, 0.717) is 43.7 Å². The Bertz CT molecular complexity index is 1130. The van der Waals surface area contributed by atoms with Gasteiger partial charge in [0.1, 0.15) is 11.5 Å². The molecule has 2 aromatic rings. The van der Waals surface area contributed by atoms with Crippen molar-refractivity contribution in [1.29, 1.82) is 0 Å². The number of rotatable bonds is 10. The van der Waals surface area contributed by atoms with E-state index in [2.05, 4.69) is 10.3 Å². The number of nitrogens with zero attached hydrogens (tertiary/aromatic N) is 4. The minimum absolute atomic E-state index is 0.00591. The Balaban J connectivity index is 1.58. The summed E-state index contributed by atoms with van der Waals surface area (Å²) in [7, 11) is 0. The maximum absolute atomic E-state index is 14.8. The molecule has 1 aromatic heterocycles. The van der Waals surface area contributed by atoms with Crippen LogP contribution in [0, 0.1) is 11.7 Å². The molecule has 10 heteroatoms. The van der Waals surface area contributed by atoms with Gasteiger partial charge in [-0.1, -0.05) is 35.2 Å². The molecule has 1 aromatic carbocycles. The molecule has 1 aliphatic heterocycles. The average Bonchev–Trinajstić information content (AvgIpc) is 3.57. The number of Topliss-reactive ketones (excluding diaryl/α,β-unsaturated/α-hetero) is 1. The molecule has 2 heterocycles. The zero-order valence-corrected chi connectivity index (χ0v) is 20.4. The lowest BCUT2D eigenvalue weighted by atomic mass is 9.93. The number of aromatic nitrogens is 3.